The van der Waals surface area contributed by atoms with Crippen LogP contribution in [0.4, 0.5) is 16.6 Å². The van der Waals surface area contributed by atoms with Gasteiger partial charge in [-0.3, -0.25) is 0 Å². The molecule has 0 spiro atoms. The molecular formula is C24H29N5O2. The lowest BCUT2D eigenvalue weighted by Crippen LogP contribution is -2.40. The fourth-order valence-corrected chi connectivity index (χ4v) is 3.96. The number of alkyl carbamates (subject to hydrolysis) is 1. The van der Waals surface area contributed by atoms with Gasteiger partial charge in [-0.25, -0.2) is 9.78 Å². The number of hydrogen-bond donors (Lipinski definition) is 2. The van der Waals surface area contributed by atoms with E-state index < -0.39 is 0 Å². The van der Waals surface area contributed by atoms with E-state index in [9.17, 15) is 4.79 Å². The first-order chi connectivity index (χ1) is 15.1. The Labute approximate surface area is 182 Å². The van der Waals surface area contributed by atoms with E-state index in [2.05, 4.69) is 10.6 Å². The lowest BCUT2D eigenvalue weighted by atomic mass is 9.91. The number of amides is 1. The molecule has 2 N–H and O–H groups in total. The number of para-hydroxylation sites is 1. The highest BCUT2D eigenvalue weighted by Gasteiger charge is 2.24. The number of ether oxygens (including phenoxy) is 1. The summed E-state index contributed by atoms with van der Waals surface area (Å²) in [4.78, 5) is 23.5. The molecule has 31 heavy (non-hydrogen) atoms. The van der Waals surface area contributed by atoms with Crippen LogP contribution in [-0.2, 0) is 11.3 Å². The minimum atomic E-state index is -0.353. The molecule has 7 heteroatoms. The monoisotopic (exact) mass is 419 g/mol. The van der Waals surface area contributed by atoms with Crippen LogP contribution >= 0.6 is 0 Å². The lowest BCUT2D eigenvalue weighted by molar-refractivity contribution is 0.132. The Bertz CT molecular complexity index is 1020. The van der Waals surface area contributed by atoms with Crippen molar-refractivity contribution >= 4 is 28.8 Å². The van der Waals surface area contributed by atoms with Crippen molar-refractivity contribution in [1.29, 1.82) is 0 Å². The Kier molecular flexibility index (Phi) is 6.50. The molecule has 1 aliphatic rings. The SMILES string of the molecule is CN(C)c1nc(N[C@H]2CC[C@@H](NC(=O)OCc3ccccc3)CC2)nc2ccccc12. The Hall–Kier alpha value is -3.35. The standard InChI is InChI=1S/C24H29N5O2/c1-29(2)22-20-10-6-7-11-21(20)27-23(28-22)25-18-12-14-19(15-13-18)26-24(30)31-16-17-8-4-3-5-9-17/h3-11,18-19H,12-16H2,1-2H3,(H,26,30)(H,25,27,28)/t18-,19+. The zero-order valence-electron chi connectivity index (χ0n) is 18.0. The fraction of sp³-hybridized carbons (Fsp3) is 0.375. The normalized spacial score (nSPS) is 18.4. The smallest absolute Gasteiger partial charge is 0.407 e. The second-order valence-corrected chi connectivity index (χ2v) is 8.18. The Morgan fingerprint density at radius 3 is 2.39 bits per heavy atom. The molecule has 1 fully saturated rings. The first kappa shape index (κ1) is 20.9. The van der Waals surface area contributed by atoms with Crippen molar-refractivity contribution in [2.75, 3.05) is 24.3 Å². The molecule has 1 aliphatic carbocycles. The molecule has 162 valence electrons. The maximum atomic E-state index is 12.1. The molecule has 4 rings (SSSR count). The van der Waals surface area contributed by atoms with Gasteiger partial charge in [0.15, 0.2) is 0 Å². The van der Waals surface area contributed by atoms with Crippen LogP contribution in [0.3, 0.4) is 0 Å². The summed E-state index contributed by atoms with van der Waals surface area (Å²) in [5.74, 6) is 1.56. The largest absolute Gasteiger partial charge is 0.445 e. The number of nitrogens with zero attached hydrogens (tertiary/aromatic N) is 3. The van der Waals surface area contributed by atoms with Gasteiger partial charge < -0.3 is 20.3 Å². The number of carbonyl (C=O) groups is 1. The minimum absolute atomic E-state index is 0.135. The van der Waals surface area contributed by atoms with E-state index >= 15 is 0 Å². The molecule has 0 saturated heterocycles. The third-order valence-electron chi connectivity index (χ3n) is 5.60. The van der Waals surface area contributed by atoms with E-state index in [1.165, 1.54) is 0 Å². The average Bonchev–Trinajstić information content (AvgIpc) is 2.79. The van der Waals surface area contributed by atoms with Crippen LogP contribution in [0.5, 0.6) is 0 Å². The number of carbonyl (C=O) groups excluding carboxylic acids is 1. The van der Waals surface area contributed by atoms with E-state index in [1.54, 1.807) is 0 Å². The number of hydrogen-bond acceptors (Lipinski definition) is 6. The van der Waals surface area contributed by atoms with Gasteiger partial charge in [0.2, 0.25) is 5.95 Å². The quantitative estimate of drug-likeness (QED) is 0.619. The zero-order chi connectivity index (χ0) is 21.6. The van der Waals surface area contributed by atoms with Crippen molar-refractivity contribution in [3.63, 3.8) is 0 Å². The van der Waals surface area contributed by atoms with Crippen LogP contribution in [-0.4, -0.2) is 42.2 Å². The maximum absolute atomic E-state index is 12.1. The van der Waals surface area contributed by atoms with Gasteiger partial charge in [0.1, 0.15) is 12.4 Å². The van der Waals surface area contributed by atoms with Crippen LogP contribution in [0.15, 0.2) is 54.6 Å². The van der Waals surface area contributed by atoms with Crippen molar-refractivity contribution < 1.29 is 9.53 Å². The zero-order valence-corrected chi connectivity index (χ0v) is 18.0. The summed E-state index contributed by atoms with van der Waals surface area (Å²) in [7, 11) is 3.98. The van der Waals surface area contributed by atoms with Crippen molar-refractivity contribution in [1.82, 2.24) is 15.3 Å². The molecule has 1 amide bonds. The van der Waals surface area contributed by atoms with Gasteiger partial charge in [-0.2, -0.15) is 4.98 Å². The topological polar surface area (TPSA) is 79.4 Å². The van der Waals surface area contributed by atoms with Crippen molar-refractivity contribution in [3.8, 4) is 0 Å². The highest BCUT2D eigenvalue weighted by atomic mass is 16.5. The molecule has 0 aliphatic heterocycles. The van der Waals surface area contributed by atoms with Gasteiger partial charge >= 0.3 is 6.09 Å². The van der Waals surface area contributed by atoms with E-state index in [-0.39, 0.29) is 24.8 Å². The molecule has 1 heterocycles. The predicted octanol–water partition coefficient (Wildman–Crippen LogP) is 4.35. The van der Waals surface area contributed by atoms with Crippen LogP contribution in [0, 0.1) is 0 Å². The third kappa shape index (κ3) is 5.42. The molecule has 0 unspecified atom stereocenters. The Morgan fingerprint density at radius 1 is 0.968 bits per heavy atom. The molecule has 0 bridgehead atoms. The molecule has 0 atom stereocenters. The van der Waals surface area contributed by atoms with E-state index in [0.717, 1.165) is 48.0 Å². The van der Waals surface area contributed by atoms with Gasteiger partial charge in [0.05, 0.1) is 5.52 Å². The first-order valence-electron chi connectivity index (χ1n) is 10.8. The van der Waals surface area contributed by atoms with Crippen molar-refractivity contribution in [2.24, 2.45) is 0 Å². The molecule has 1 saturated carbocycles. The highest BCUT2D eigenvalue weighted by Crippen LogP contribution is 2.26. The minimum Gasteiger partial charge on any atom is -0.445 e. The molecule has 7 nitrogen and oxygen atoms in total. The number of aromatic nitrogens is 2. The summed E-state index contributed by atoms with van der Waals surface area (Å²) in [6.07, 6.45) is 3.32. The van der Waals surface area contributed by atoms with Crippen molar-refractivity contribution in [2.45, 2.75) is 44.4 Å². The van der Waals surface area contributed by atoms with E-state index in [0.29, 0.717) is 5.95 Å². The third-order valence-corrected chi connectivity index (χ3v) is 5.60. The molecule has 1 aromatic heterocycles. The summed E-state index contributed by atoms with van der Waals surface area (Å²) in [6, 6.07) is 18.2. The average molecular weight is 420 g/mol. The number of fused-ring (bicyclic) bond motifs is 1. The van der Waals surface area contributed by atoms with Crippen LogP contribution < -0.4 is 15.5 Å². The number of anilines is 2. The second-order valence-electron chi connectivity index (χ2n) is 8.18. The Balaban J connectivity index is 1.29. The van der Waals surface area contributed by atoms with Gasteiger partial charge in [0.25, 0.3) is 0 Å². The predicted molar refractivity (Wildman–Crippen MR) is 123 cm³/mol. The first-order valence-corrected chi connectivity index (χ1v) is 10.8. The van der Waals surface area contributed by atoms with E-state index in [1.807, 2.05) is 73.6 Å². The molecule has 3 aromatic rings. The number of rotatable bonds is 6. The molecule has 2 aromatic carbocycles. The molecular weight excluding hydrogens is 390 g/mol. The van der Waals surface area contributed by atoms with E-state index in [4.69, 9.17) is 14.7 Å². The summed E-state index contributed by atoms with van der Waals surface area (Å²) >= 11 is 0. The number of nitrogens with one attached hydrogen (secondary N) is 2. The van der Waals surface area contributed by atoms with Gasteiger partial charge in [-0.15, -0.1) is 0 Å². The van der Waals surface area contributed by atoms with Gasteiger partial charge in [0, 0.05) is 31.6 Å². The summed E-state index contributed by atoms with van der Waals surface area (Å²) < 4.78 is 5.34. The summed E-state index contributed by atoms with van der Waals surface area (Å²) in [5, 5.41) is 7.53. The molecule has 0 radical (unpaired) electrons. The van der Waals surface area contributed by atoms with Crippen LogP contribution in [0.1, 0.15) is 31.2 Å². The summed E-state index contributed by atoms with van der Waals surface area (Å²) in [5.41, 5.74) is 1.92. The van der Waals surface area contributed by atoms with Crippen LogP contribution in [0.25, 0.3) is 10.9 Å². The second kappa shape index (κ2) is 9.64. The highest BCUT2D eigenvalue weighted by molar-refractivity contribution is 5.90. The Morgan fingerprint density at radius 2 is 1.65 bits per heavy atom. The number of benzene rings is 2. The van der Waals surface area contributed by atoms with Crippen molar-refractivity contribution in [3.05, 3.63) is 60.2 Å². The summed E-state index contributed by atoms with van der Waals surface area (Å²) in [6.45, 7) is 0.289. The maximum Gasteiger partial charge on any atom is 0.407 e. The van der Waals surface area contributed by atoms with Crippen LogP contribution in [0.2, 0.25) is 0 Å². The lowest BCUT2D eigenvalue weighted by Gasteiger charge is -2.29. The van der Waals surface area contributed by atoms with Gasteiger partial charge in [-0.1, -0.05) is 42.5 Å². The fourth-order valence-electron chi connectivity index (χ4n) is 3.96. The van der Waals surface area contributed by atoms with Gasteiger partial charge in [-0.05, 0) is 43.4 Å².